The van der Waals surface area contributed by atoms with E-state index in [1.165, 1.54) is 24.8 Å². The Labute approximate surface area is 201 Å². The molecular formula is C18H30N12NiO2. The predicted octanol–water partition coefficient (Wildman–Crippen LogP) is -2.40. The van der Waals surface area contributed by atoms with E-state index in [-0.39, 0.29) is 28.3 Å². The minimum Gasteiger partial charge on any atom is -0.858 e. The van der Waals surface area contributed by atoms with Crippen LogP contribution in [0.25, 0.3) is 11.6 Å². The van der Waals surface area contributed by atoms with Crippen LogP contribution in [0.3, 0.4) is 0 Å². The maximum atomic E-state index is 11.1. The molecular weight excluding hydrogens is 475 g/mol. The molecule has 0 unspecified atom stereocenters. The summed E-state index contributed by atoms with van der Waals surface area (Å²) in [5.74, 6) is 0.333. The van der Waals surface area contributed by atoms with E-state index in [0.717, 1.165) is 48.1 Å². The van der Waals surface area contributed by atoms with Crippen LogP contribution >= 0.6 is 0 Å². The standard InChI is InChI=1S/2C6H6N4O.2C3H10N2.Ni/c2*1-4-2-5(11)10-6(9-4)7-3-8-10;2*4-2-1-3-5;/h2*2-3,11H,1H3;2*1-5H2;/q;;;;+2/p-2. The van der Waals surface area contributed by atoms with Crippen molar-refractivity contribution in [1.29, 1.82) is 0 Å². The molecule has 0 saturated heterocycles. The van der Waals surface area contributed by atoms with Crippen LogP contribution in [0.2, 0.25) is 0 Å². The molecule has 0 radical (unpaired) electrons. The van der Waals surface area contributed by atoms with E-state index in [4.69, 9.17) is 22.9 Å². The van der Waals surface area contributed by atoms with Crippen LogP contribution in [-0.2, 0) is 16.5 Å². The Hall–Kier alpha value is -2.97. The summed E-state index contributed by atoms with van der Waals surface area (Å²) in [5, 5.41) is 29.5. The molecule has 4 aromatic heterocycles. The summed E-state index contributed by atoms with van der Waals surface area (Å²) in [6.45, 7) is 6.37. The second-order valence-corrected chi connectivity index (χ2v) is 6.28. The maximum Gasteiger partial charge on any atom is 2.00 e. The van der Waals surface area contributed by atoms with Gasteiger partial charge in [-0.15, -0.1) is 0 Å². The summed E-state index contributed by atoms with van der Waals surface area (Å²) in [6.07, 6.45) is 4.51. The summed E-state index contributed by atoms with van der Waals surface area (Å²) < 4.78 is 2.32. The molecule has 0 aliphatic heterocycles. The Kier molecular flexibility index (Phi) is 15.1. The van der Waals surface area contributed by atoms with Gasteiger partial charge >= 0.3 is 16.5 Å². The zero-order chi connectivity index (χ0) is 23.9. The quantitative estimate of drug-likeness (QED) is 0.212. The van der Waals surface area contributed by atoms with Gasteiger partial charge in [-0.05, 0) is 76.8 Å². The minimum absolute atomic E-state index is 0. The maximum absolute atomic E-state index is 11.1. The molecule has 4 rings (SSSR count). The number of aryl methyl sites for hydroxylation is 2. The third-order valence-corrected chi connectivity index (χ3v) is 3.51. The average Bonchev–Trinajstić information content (AvgIpc) is 3.40. The second kappa shape index (κ2) is 16.6. The summed E-state index contributed by atoms with van der Waals surface area (Å²) in [6, 6.07) is 2.84. The fraction of sp³-hybridized carbons (Fsp3) is 0.444. The Morgan fingerprint density at radius 1 is 0.697 bits per heavy atom. The predicted molar refractivity (Wildman–Crippen MR) is 115 cm³/mol. The molecule has 0 atom stereocenters. The number of nitrogens with zero attached hydrogens (tertiary/aromatic N) is 8. The molecule has 0 spiro atoms. The summed E-state index contributed by atoms with van der Waals surface area (Å²) in [4.78, 5) is 15.5. The summed E-state index contributed by atoms with van der Waals surface area (Å²) in [7, 11) is 0. The Morgan fingerprint density at radius 3 is 1.30 bits per heavy atom. The molecule has 8 N–H and O–H groups in total. The van der Waals surface area contributed by atoms with Crippen LogP contribution in [0.4, 0.5) is 0 Å². The molecule has 0 aliphatic rings. The monoisotopic (exact) mass is 504 g/mol. The van der Waals surface area contributed by atoms with Gasteiger partial charge < -0.3 is 33.1 Å². The van der Waals surface area contributed by atoms with Crippen LogP contribution in [0, 0.1) is 13.8 Å². The number of rotatable bonds is 4. The first-order chi connectivity index (χ1) is 15.4. The van der Waals surface area contributed by atoms with E-state index < -0.39 is 0 Å². The van der Waals surface area contributed by atoms with Crippen LogP contribution in [0.1, 0.15) is 24.2 Å². The molecule has 0 saturated carbocycles. The number of aromatic nitrogens is 8. The second-order valence-electron chi connectivity index (χ2n) is 6.28. The first-order valence-corrected chi connectivity index (χ1v) is 9.86. The largest absolute Gasteiger partial charge is 2.00 e. The van der Waals surface area contributed by atoms with Crippen molar-refractivity contribution in [3.8, 4) is 11.8 Å². The molecule has 14 nitrogen and oxygen atoms in total. The number of hydrogen-bond donors (Lipinski definition) is 4. The molecule has 4 heterocycles. The van der Waals surface area contributed by atoms with E-state index >= 15 is 0 Å². The van der Waals surface area contributed by atoms with E-state index in [1.54, 1.807) is 13.8 Å². The zero-order valence-electron chi connectivity index (χ0n) is 18.6. The fourth-order valence-electron chi connectivity index (χ4n) is 2.03. The molecule has 15 heteroatoms. The van der Waals surface area contributed by atoms with Crippen molar-refractivity contribution in [2.24, 2.45) is 22.9 Å². The molecule has 33 heavy (non-hydrogen) atoms. The smallest absolute Gasteiger partial charge is 0.858 e. The Bertz CT molecular complexity index is 967. The SMILES string of the molecule is Cc1cc([O-])n2ncnc2n1.Cc1cc([O-])n2ncnc2n1.NCCCN.NCCCN.[Ni+2]. The van der Waals surface area contributed by atoms with Crippen molar-refractivity contribution < 1.29 is 26.7 Å². The molecule has 0 amide bonds. The van der Waals surface area contributed by atoms with Gasteiger partial charge in [-0.1, -0.05) is 0 Å². The fourth-order valence-corrected chi connectivity index (χ4v) is 2.03. The van der Waals surface area contributed by atoms with Gasteiger partial charge in [0.05, 0.1) is 0 Å². The van der Waals surface area contributed by atoms with Gasteiger partial charge in [0.2, 0.25) is 0 Å². The van der Waals surface area contributed by atoms with E-state index in [1.807, 2.05) is 0 Å². The van der Waals surface area contributed by atoms with Crippen LogP contribution < -0.4 is 33.1 Å². The topological polar surface area (TPSA) is 236 Å². The molecule has 0 aromatic carbocycles. The van der Waals surface area contributed by atoms with Crippen molar-refractivity contribution in [3.63, 3.8) is 0 Å². The third-order valence-electron chi connectivity index (χ3n) is 3.51. The first-order valence-electron chi connectivity index (χ1n) is 9.86. The van der Waals surface area contributed by atoms with Gasteiger partial charge in [-0.25, -0.2) is 19.0 Å². The normalized spacial score (nSPS) is 9.64. The Morgan fingerprint density at radius 2 is 1.03 bits per heavy atom. The van der Waals surface area contributed by atoms with E-state index in [9.17, 15) is 10.2 Å². The average molecular weight is 505 g/mol. The van der Waals surface area contributed by atoms with Gasteiger partial charge in [-0.3, -0.25) is 0 Å². The van der Waals surface area contributed by atoms with E-state index in [2.05, 4.69) is 30.1 Å². The minimum atomic E-state index is -0.190. The van der Waals surface area contributed by atoms with Crippen molar-refractivity contribution in [2.75, 3.05) is 26.2 Å². The molecule has 0 fully saturated rings. The van der Waals surface area contributed by atoms with Crippen LogP contribution in [-0.4, -0.2) is 65.3 Å². The number of hydrogen-bond acceptors (Lipinski definition) is 12. The van der Waals surface area contributed by atoms with Crippen molar-refractivity contribution in [2.45, 2.75) is 26.7 Å². The first kappa shape index (κ1) is 30.0. The molecule has 0 bridgehead atoms. The third kappa shape index (κ3) is 10.5. The van der Waals surface area contributed by atoms with Crippen LogP contribution in [0.15, 0.2) is 24.8 Å². The zero-order valence-corrected chi connectivity index (χ0v) is 19.6. The summed E-state index contributed by atoms with van der Waals surface area (Å²) in [5.41, 5.74) is 21.6. The number of fused-ring (bicyclic) bond motifs is 2. The van der Waals surface area contributed by atoms with Crippen LogP contribution in [0.5, 0.6) is 11.8 Å². The Balaban J connectivity index is 0.000000441. The number of nitrogens with two attached hydrogens (primary N) is 4. The van der Waals surface area contributed by atoms with Crippen molar-refractivity contribution >= 4 is 11.6 Å². The van der Waals surface area contributed by atoms with E-state index in [0.29, 0.717) is 22.9 Å². The molecule has 184 valence electrons. The van der Waals surface area contributed by atoms with Crippen molar-refractivity contribution in [1.82, 2.24) is 39.2 Å². The van der Waals surface area contributed by atoms with Crippen molar-refractivity contribution in [3.05, 3.63) is 36.2 Å². The van der Waals surface area contributed by atoms with Gasteiger partial charge in [0, 0.05) is 11.4 Å². The summed E-state index contributed by atoms with van der Waals surface area (Å²) >= 11 is 0. The molecule has 4 aromatic rings. The van der Waals surface area contributed by atoms with Gasteiger partial charge in [0.15, 0.2) is 0 Å². The molecule has 0 aliphatic carbocycles. The van der Waals surface area contributed by atoms with Gasteiger partial charge in [0.25, 0.3) is 11.6 Å². The van der Waals surface area contributed by atoms with Gasteiger partial charge in [-0.2, -0.15) is 20.2 Å². The van der Waals surface area contributed by atoms with Gasteiger partial charge in [0.1, 0.15) is 12.7 Å².